The lowest BCUT2D eigenvalue weighted by atomic mass is 10.0. The second-order valence-corrected chi connectivity index (χ2v) is 6.98. The average Bonchev–Trinajstić information content (AvgIpc) is 3.15. The number of hydrogen-bond acceptors (Lipinski definition) is 4. The van der Waals surface area contributed by atoms with E-state index in [4.69, 9.17) is 0 Å². The highest BCUT2D eigenvalue weighted by Crippen LogP contribution is 2.36. The summed E-state index contributed by atoms with van der Waals surface area (Å²) in [6.07, 6.45) is 2.28. The van der Waals surface area contributed by atoms with Crippen LogP contribution in [-0.4, -0.2) is 17.1 Å². The normalized spacial score (nSPS) is 19.4. The van der Waals surface area contributed by atoms with Crippen molar-refractivity contribution >= 4 is 32.6 Å². The summed E-state index contributed by atoms with van der Waals surface area (Å²) in [5, 5.41) is 14.7. The van der Waals surface area contributed by atoms with Crippen LogP contribution >= 0.6 is 11.3 Å². The lowest BCUT2D eigenvalue weighted by Gasteiger charge is -2.05. The predicted molar refractivity (Wildman–Crippen MR) is 90.4 cm³/mol. The largest absolute Gasteiger partial charge is 0.619 e. The number of carbonyl (C=O) groups excluding carboxylic acids is 1. The molecule has 1 fully saturated rings. The molecule has 2 aromatic heterocycles. The van der Waals surface area contributed by atoms with E-state index in [9.17, 15) is 14.4 Å². The first-order chi connectivity index (χ1) is 11.5. The van der Waals surface area contributed by atoms with Crippen molar-refractivity contribution in [1.29, 1.82) is 0 Å². The Kier molecular flexibility index (Phi) is 3.45. The number of fused-ring (bicyclic) bond motifs is 1. The van der Waals surface area contributed by atoms with Gasteiger partial charge in [-0.2, -0.15) is 4.73 Å². The molecule has 1 saturated carbocycles. The second-order valence-electron chi connectivity index (χ2n) is 5.95. The zero-order valence-corrected chi connectivity index (χ0v) is 13.6. The molecule has 24 heavy (non-hydrogen) atoms. The predicted octanol–water partition coefficient (Wildman–Crippen LogP) is 3.20. The Morgan fingerprint density at radius 1 is 1.46 bits per heavy atom. The molecule has 122 valence electrons. The van der Waals surface area contributed by atoms with Crippen molar-refractivity contribution in [2.24, 2.45) is 5.92 Å². The molecule has 2 heterocycles. The number of nitrogens with zero attached hydrogens (tertiary/aromatic N) is 2. The first-order valence-electron chi connectivity index (χ1n) is 7.56. The molecular weight excluding hydrogens is 329 g/mol. The molecule has 0 spiro atoms. The van der Waals surface area contributed by atoms with Gasteiger partial charge in [0.2, 0.25) is 5.91 Å². The molecule has 2 unspecified atom stereocenters. The van der Waals surface area contributed by atoms with E-state index < -0.39 is 12.1 Å². The molecule has 0 saturated heterocycles. The Labute approximate surface area is 141 Å². The number of halogens is 1. The van der Waals surface area contributed by atoms with Gasteiger partial charge in [0.15, 0.2) is 17.5 Å². The molecule has 3 aromatic rings. The Morgan fingerprint density at radius 3 is 3.00 bits per heavy atom. The van der Waals surface area contributed by atoms with Gasteiger partial charge in [0, 0.05) is 11.6 Å². The number of aromatic nitrogens is 2. The van der Waals surface area contributed by atoms with E-state index >= 15 is 0 Å². The number of thiazole rings is 1. The van der Waals surface area contributed by atoms with Crippen LogP contribution in [0.1, 0.15) is 12.0 Å². The van der Waals surface area contributed by atoms with Crippen LogP contribution in [0.25, 0.3) is 21.3 Å². The Bertz CT molecular complexity index is 956. The smallest absolute Gasteiger partial charge is 0.232 e. The van der Waals surface area contributed by atoms with E-state index in [1.54, 1.807) is 6.07 Å². The topological polar surface area (TPSA) is 68.9 Å². The first kappa shape index (κ1) is 15.0. The molecule has 5 nitrogen and oxygen atoms in total. The summed E-state index contributed by atoms with van der Waals surface area (Å²) in [6.45, 7) is 1.95. The van der Waals surface area contributed by atoms with Gasteiger partial charge in [-0.25, -0.2) is 9.37 Å². The van der Waals surface area contributed by atoms with Gasteiger partial charge in [0.1, 0.15) is 6.17 Å². The minimum Gasteiger partial charge on any atom is -0.619 e. The number of alkyl halides is 1. The van der Waals surface area contributed by atoms with E-state index in [-0.39, 0.29) is 5.91 Å². The van der Waals surface area contributed by atoms with Gasteiger partial charge in [0.05, 0.1) is 16.1 Å². The number of aryl methyl sites for hydroxylation is 1. The van der Waals surface area contributed by atoms with Crippen LogP contribution in [0.3, 0.4) is 0 Å². The second kappa shape index (κ2) is 5.52. The van der Waals surface area contributed by atoms with Crippen LogP contribution in [0.2, 0.25) is 0 Å². The fraction of sp³-hybridized carbons (Fsp3) is 0.235. The van der Waals surface area contributed by atoms with E-state index in [0.29, 0.717) is 11.6 Å². The van der Waals surface area contributed by atoms with E-state index in [1.165, 1.54) is 23.7 Å². The van der Waals surface area contributed by atoms with Crippen molar-refractivity contribution in [3.63, 3.8) is 0 Å². The summed E-state index contributed by atoms with van der Waals surface area (Å²) in [4.78, 5) is 16.2. The average molecular weight is 343 g/mol. The summed E-state index contributed by atoms with van der Waals surface area (Å²) in [5.74, 6) is -0.847. The van der Waals surface area contributed by atoms with Gasteiger partial charge in [-0.05, 0) is 36.6 Å². The fourth-order valence-electron chi connectivity index (χ4n) is 2.63. The van der Waals surface area contributed by atoms with Gasteiger partial charge in [-0.3, -0.25) is 4.79 Å². The Morgan fingerprint density at radius 2 is 2.25 bits per heavy atom. The van der Waals surface area contributed by atoms with Crippen LogP contribution in [0.15, 0.2) is 36.7 Å². The fourth-order valence-corrected chi connectivity index (χ4v) is 3.54. The summed E-state index contributed by atoms with van der Waals surface area (Å²) in [6, 6.07) is 7.47. The molecule has 0 bridgehead atoms. The van der Waals surface area contributed by atoms with Crippen molar-refractivity contribution in [1.82, 2.24) is 4.98 Å². The highest BCUT2D eigenvalue weighted by molar-refractivity contribution is 7.22. The van der Waals surface area contributed by atoms with E-state index in [2.05, 4.69) is 10.3 Å². The number of benzene rings is 1. The third-order valence-corrected chi connectivity index (χ3v) is 5.07. The van der Waals surface area contributed by atoms with Crippen molar-refractivity contribution in [3.8, 4) is 11.1 Å². The summed E-state index contributed by atoms with van der Waals surface area (Å²) in [5.41, 5.74) is 3.53. The monoisotopic (exact) mass is 343 g/mol. The summed E-state index contributed by atoms with van der Waals surface area (Å²) < 4.78 is 14.6. The molecule has 1 aromatic carbocycles. The van der Waals surface area contributed by atoms with E-state index in [1.807, 2.05) is 25.1 Å². The molecule has 1 amide bonds. The number of carbonyl (C=O) groups is 1. The number of anilines is 1. The standard InChI is InChI=1S/C17H14FN3O2S/c1-9-4-5-21(23)8-12(9)10-2-3-14-15(6-10)24-17(19-14)20-16(22)11-7-13(11)18/h2-6,8,11,13H,7H2,1H3,(H,19,20,22). The third-order valence-electron chi connectivity index (χ3n) is 4.13. The SMILES string of the molecule is Cc1cc[n+]([O-])cc1-c1ccc2nc(NC(=O)C3CC3F)sc2c1. The highest BCUT2D eigenvalue weighted by atomic mass is 32.1. The van der Waals surface area contributed by atoms with Crippen LogP contribution in [0.5, 0.6) is 0 Å². The molecule has 2 atom stereocenters. The number of pyridine rings is 1. The number of hydrogen-bond donors (Lipinski definition) is 1. The van der Waals surface area contributed by atoms with Gasteiger partial charge in [0.25, 0.3) is 0 Å². The van der Waals surface area contributed by atoms with Crippen LogP contribution in [0, 0.1) is 18.0 Å². The van der Waals surface area contributed by atoms with Crippen LogP contribution < -0.4 is 10.0 Å². The third kappa shape index (κ3) is 2.71. The Balaban J connectivity index is 1.66. The number of rotatable bonds is 3. The van der Waals surface area contributed by atoms with E-state index in [0.717, 1.165) is 31.6 Å². The maximum absolute atomic E-state index is 12.9. The maximum atomic E-state index is 12.9. The molecular formula is C17H14FN3O2S. The molecule has 4 rings (SSSR count). The first-order valence-corrected chi connectivity index (χ1v) is 8.38. The van der Waals surface area contributed by atoms with Crippen LogP contribution in [0.4, 0.5) is 9.52 Å². The highest BCUT2D eigenvalue weighted by Gasteiger charge is 2.43. The summed E-state index contributed by atoms with van der Waals surface area (Å²) >= 11 is 1.34. The lowest BCUT2D eigenvalue weighted by molar-refractivity contribution is -0.604. The van der Waals surface area contributed by atoms with Crippen molar-refractivity contribution in [3.05, 3.63) is 47.4 Å². The molecule has 0 aliphatic heterocycles. The number of nitrogens with one attached hydrogen (secondary N) is 1. The van der Waals surface area contributed by atoms with Gasteiger partial charge < -0.3 is 10.5 Å². The number of amides is 1. The maximum Gasteiger partial charge on any atom is 0.232 e. The van der Waals surface area contributed by atoms with Crippen LogP contribution in [-0.2, 0) is 4.79 Å². The molecule has 1 N–H and O–H groups in total. The lowest BCUT2D eigenvalue weighted by Crippen LogP contribution is -2.24. The minimum absolute atomic E-state index is 0.295. The molecule has 0 radical (unpaired) electrons. The van der Waals surface area contributed by atoms with Crippen molar-refractivity contribution < 1.29 is 13.9 Å². The Hall–Kier alpha value is -2.54. The zero-order valence-electron chi connectivity index (χ0n) is 12.8. The van der Waals surface area contributed by atoms with Gasteiger partial charge in [-0.15, -0.1) is 0 Å². The minimum atomic E-state index is -1.02. The zero-order chi connectivity index (χ0) is 16.8. The van der Waals surface area contributed by atoms with Gasteiger partial charge in [-0.1, -0.05) is 17.4 Å². The van der Waals surface area contributed by atoms with Crippen molar-refractivity contribution in [2.75, 3.05) is 5.32 Å². The molecule has 1 aliphatic carbocycles. The molecule has 1 aliphatic rings. The van der Waals surface area contributed by atoms with Crippen molar-refractivity contribution in [2.45, 2.75) is 19.5 Å². The summed E-state index contributed by atoms with van der Waals surface area (Å²) in [7, 11) is 0. The quantitative estimate of drug-likeness (QED) is 0.586. The molecule has 7 heteroatoms. The van der Waals surface area contributed by atoms with Gasteiger partial charge >= 0.3 is 0 Å².